The van der Waals surface area contributed by atoms with Crippen molar-refractivity contribution in [2.45, 2.75) is 13.8 Å². The van der Waals surface area contributed by atoms with Gasteiger partial charge in [0, 0.05) is 24.3 Å². The zero-order valence-electron chi connectivity index (χ0n) is 11.2. The molecule has 0 radical (unpaired) electrons. The van der Waals surface area contributed by atoms with Crippen LogP contribution in [-0.4, -0.2) is 31.2 Å². The molecular weight excluding hydrogens is 244 g/mol. The van der Waals surface area contributed by atoms with E-state index in [-0.39, 0.29) is 24.3 Å². The Bertz CT molecular complexity index is 553. The van der Waals surface area contributed by atoms with Crippen LogP contribution in [0.25, 0.3) is 0 Å². The SMILES string of the molecule is COCC(=O)N=C1C=CC2C(=C1)NC(=O)C(C)=C2C. The van der Waals surface area contributed by atoms with Gasteiger partial charge in [0.15, 0.2) is 0 Å². The number of amides is 2. The van der Waals surface area contributed by atoms with Gasteiger partial charge in [-0.2, -0.15) is 0 Å². The van der Waals surface area contributed by atoms with Gasteiger partial charge in [0.2, 0.25) is 0 Å². The minimum Gasteiger partial charge on any atom is -0.375 e. The van der Waals surface area contributed by atoms with Crippen molar-refractivity contribution < 1.29 is 14.3 Å². The number of hydrogen-bond acceptors (Lipinski definition) is 3. The molecule has 5 heteroatoms. The molecule has 2 amide bonds. The molecule has 0 aromatic heterocycles. The van der Waals surface area contributed by atoms with Crippen molar-refractivity contribution in [1.29, 1.82) is 0 Å². The van der Waals surface area contributed by atoms with Crippen molar-refractivity contribution in [1.82, 2.24) is 5.32 Å². The second-order valence-electron chi connectivity index (χ2n) is 4.56. The van der Waals surface area contributed by atoms with Crippen LogP contribution in [0.15, 0.2) is 40.1 Å². The van der Waals surface area contributed by atoms with Crippen LogP contribution in [0.1, 0.15) is 13.8 Å². The Morgan fingerprint density at radius 3 is 2.89 bits per heavy atom. The monoisotopic (exact) mass is 260 g/mol. The van der Waals surface area contributed by atoms with E-state index in [1.54, 1.807) is 19.1 Å². The third-order valence-corrected chi connectivity index (χ3v) is 3.28. The van der Waals surface area contributed by atoms with E-state index in [0.29, 0.717) is 5.71 Å². The molecule has 1 aliphatic heterocycles. The number of fused-ring (bicyclic) bond motifs is 1. The van der Waals surface area contributed by atoms with E-state index < -0.39 is 0 Å². The van der Waals surface area contributed by atoms with Gasteiger partial charge < -0.3 is 10.1 Å². The number of methoxy groups -OCH3 is 1. The summed E-state index contributed by atoms with van der Waals surface area (Å²) in [6.07, 6.45) is 5.45. The molecule has 1 unspecified atom stereocenters. The number of carbonyl (C=O) groups is 2. The van der Waals surface area contributed by atoms with Gasteiger partial charge >= 0.3 is 0 Å². The molecule has 100 valence electrons. The van der Waals surface area contributed by atoms with Crippen LogP contribution in [0.5, 0.6) is 0 Å². The lowest BCUT2D eigenvalue weighted by Crippen LogP contribution is -2.35. The maximum Gasteiger partial charge on any atom is 0.272 e. The number of hydrogen-bond donors (Lipinski definition) is 1. The second-order valence-corrected chi connectivity index (χ2v) is 4.56. The van der Waals surface area contributed by atoms with Gasteiger partial charge in [0.05, 0.1) is 5.71 Å². The molecule has 0 aromatic rings. The lowest BCUT2D eigenvalue weighted by Gasteiger charge is -2.28. The molecule has 0 saturated carbocycles. The molecule has 0 aromatic carbocycles. The summed E-state index contributed by atoms with van der Waals surface area (Å²) >= 11 is 0. The Balaban J connectivity index is 2.27. The summed E-state index contributed by atoms with van der Waals surface area (Å²) in [4.78, 5) is 27.0. The molecule has 5 nitrogen and oxygen atoms in total. The molecule has 0 fully saturated rings. The van der Waals surface area contributed by atoms with Crippen LogP contribution in [-0.2, 0) is 14.3 Å². The second kappa shape index (κ2) is 5.32. The van der Waals surface area contributed by atoms with Gasteiger partial charge in [0.25, 0.3) is 11.8 Å². The predicted octanol–water partition coefficient (Wildman–Crippen LogP) is 1.14. The van der Waals surface area contributed by atoms with Crippen LogP contribution in [0.4, 0.5) is 0 Å². The molecule has 2 aliphatic rings. The quantitative estimate of drug-likeness (QED) is 0.809. The highest BCUT2D eigenvalue weighted by Gasteiger charge is 2.27. The van der Waals surface area contributed by atoms with Gasteiger partial charge in [0.1, 0.15) is 6.61 Å². The first-order valence-electron chi connectivity index (χ1n) is 6.02. The van der Waals surface area contributed by atoms with E-state index in [4.69, 9.17) is 4.74 Å². The van der Waals surface area contributed by atoms with E-state index in [1.807, 2.05) is 13.0 Å². The summed E-state index contributed by atoms with van der Waals surface area (Å²) < 4.78 is 4.72. The van der Waals surface area contributed by atoms with E-state index >= 15 is 0 Å². The summed E-state index contributed by atoms with van der Waals surface area (Å²) in [6, 6.07) is 0. The maximum absolute atomic E-state index is 11.7. The Morgan fingerprint density at radius 1 is 1.47 bits per heavy atom. The molecule has 1 heterocycles. The first-order valence-corrected chi connectivity index (χ1v) is 6.02. The van der Waals surface area contributed by atoms with Crippen LogP contribution >= 0.6 is 0 Å². The molecule has 1 atom stereocenters. The van der Waals surface area contributed by atoms with Crippen molar-refractivity contribution in [3.63, 3.8) is 0 Å². The van der Waals surface area contributed by atoms with Gasteiger partial charge in [-0.3, -0.25) is 9.59 Å². The zero-order valence-corrected chi connectivity index (χ0v) is 11.2. The topological polar surface area (TPSA) is 67.8 Å². The minimum absolute atomic E-state index is 0.0473. The summed E-state index contributed by atoms with van der Waals surface area (Å²) in [6.45, 7) is 3.70. The summed E-state index contributed by atoms with van der Waals surface area (Å²) in [5.74, 6) is -0.380. The fourth-order valence-electron chi connectivity index (χ4n) is 2.09. The lowest BCUT2D eigenvalue weighted by molar-refractivity contribution is -0.121. The van der Waals surface area contributed by atoms with Gasteiger partial charge in [-0.15, -0.1) is 0 Å². The highest BCUT2D eigenvalue weighted by atomic mass is 16.5. The highest BCUT2D eigenvalue weighted by molar-refractivity contribution is 6.11. The Hall–Kier alpha value is -2.01. The van der Waals surface area contributed by atoms with Crippen molar-refractivity contribution in [3.05, 3.63) is 35.1 Å². The number of carbonyl (C=O) groups excluding carboxylic acids is 2. The van der Waals surface area contributed by atoms with Crippen molar-refractivity contribution in [3.8, 4) is 0 Å². The number of nitrogens with one attached hydrogen (secondary N) is 1. The Kier molecular flexibility index (Phi) is 3.76. The normalized spacial score (nSPS) is 24.2. The number of allylic oxidation sites excluding steroid dienone is 3. The summed E-state index contributed by atoms with van der Waals surface area (Å²) in [7, 11) is 1.45. The van der Waals surface area contributed by atoms with E-state index in [1.165, 1.54) is 7.11 Å². The van der Waals surface area contributed by atoms with Crippen LogP contribution in [0.2, 0.25) is 0 Å². The number of nitrogens with zero attached hydrogens (tertiary/aromatic N) is 1. The number of rotatable bonds is 2. The van der Waals surface area contributed by atoms with E-state index in [9.17, 15) is 9.59 Å². The Labute approximate surface area is 111 Å². The smallest absolute Gasteiger partial charge is 0.272 e. The largest absolute Gasteiger partial charge is 0.375 e. The third-order valence-electron chi connectivity index (χ3n) is 3.28. The molecule has 1 N–H and O–H groups in total. The zero-order chi connectivity index (χ0) is 14.0. The van der Waals surface area contributed by atoms with Gasteiger partial charge in [-0.05, 0) is 26.0 Å². The summed E-state index contributed by atoms with van der Waals surface area (Å²) in [5.41, 5.74) is 3.05. The van der Waals surface area contributed by atoms with Gasteiger partial charge in [-0.1, -0.05) is 11.6 Å². The predicted molar refractivity (Wildman–Crippen MR) is 71.5 cm³/mol. The molecule has 19 heavy (non-hydrogen) atoms. The maximum atomic E-state index is 11.7. The first-order chi connectivity index (χ1) is 9.02. The van der Waals surface area contributed by atoms with Gasteiger partial charge in [-0.25, -0.2) is 4.99 Å². The van der Waals surface area contributed by atoms with Crippen LogP contribution < -0.4 is 5.32 Å². The van der Waals surface area contributed by atoms with E-state index in [0.717, 1.165) is 16.8 Å². The lowest BCUT2D eigenvalue weighted by atomic mass is 9.85. The molecule has 1 aliphatic carbocycles. The fourth-order valence-corrected chi connectivity index (χ4v) is 2.09. The molecule has 0 saturated heterocycles. The highest BCUT2D eigenvalue weighted by Crippen LogP contribution is 2.29. The average Bonchev–Trinajstić information content (AvgIpc) is 2.36. The fraction of sp³-hybridized carbons (Fsp3) is 0.357. The summed E-state index contributed by atoms with van der Waals surface area (Å²) in [5, 5.41) is 2.82. The average molecular weight is 260 g/mol. The number of ether oxygens (including phenoxy) is 1. The van der Waals surface area contributed by atoms with Crippen LogP contribution in [0.3, 0.4) is 0 Å². The molecule has 0 spiro atoms. The molecular formula is C14H16N2O3. The van der Waals surface area contributed by atoms with Crippen LogP contribution in [0, 0.1) is 5.92 Å². The third kappa shape index (κ3) is 2.71. The van der Waals surface area contributed by atoms with E-state index in [2.05, 4.69) is 10.3 Å². The minimum atomic E-state index is -0.344. The van der Waals surface area contributed by atoms with Crippen molar-refractivity contribution >= 4 is 17.5 Å². The molecule has 2 rings (SSSR count). The standard InChI is InChI=1S/C14H16N2O3/c1-8-9(2)14(18)16-12-6-10(4-5-11(8)12)15-13(17)7-19-3/h4-6,11H,7H2,1-3H3,(H,16,18). The van der Waals surface area contributed by atoms with Crippen molar-refractivity contribution in [2.24, 2.45) is 10.9 Å². The molecule has 0 bridgehead atoms. The van der Waals surface area contributed by atoms with Crippen molar-refractivity contribution in [2.75, 3.05) is 13.7 Å². The first kappa shape index (κ1) is 13.4. The Morgan fingerprint density at radius 2 is 2.21 bits per heavy atom. The number of aliphatic imine (C=N–C) groups is 1.